The van der Waals surface area contributed by atoms with Gasteiger partial charge in [-0.2, -0.15) is 0 Å². The second kappa shape index (κ2) is 8.80. The number of Topliss-reactive ketones (excluding diaryl/α,β-unsaturated/α-hetero) is 1. The molecule has 0 aromatic heterocycles. The fourth-order valence-electron chi connectivity index (χ4n) is 3.65. The van der Waals surface area contributed by atoms with Gasteiger partial charge in [-0.15, -0.1) is 0 Å². The average molecular weight is 368 g/mol. The largest absolute Gasteiger partial charge is 0.375 e. The fraction of sp³-hybridized carbons (Fsp3) is 0.364. The molecule has 0 saturated carbocycles. The van der Waals surface area contributed by atoms with Crippen molar-refractivity contribution < 1.29 is 14.0 Å². The lowest BCUT2D eigenvalue weighted by atomic mass is 9.90. The van der Waals surface area contributed by atoms with E-state index in [4.69, 9.17) is 0 Å². The van der Waals surface area contributed by atoms with Crippen LogP contribution < -0.4 is 5.32 Å². The summed E-state index contributed by atoms with van der Waals surface area (Å²) in [6.45, 7) is 2.86. The number of carbonyl (C=O) groups is 2. The lowest BCUT2D eigenvalue weighted by molar-refractivity contribution is -0.130. The summed E-state index contributed by atoms with van der Waals surface area (Å²) in [5, 5.41) is 2.93. The van der Waals surface area contributed by atoms with Gasteiger partial charge in [0.2, 0.25) is 5.91 Å². The molecule has 142 valence electrons. The van der Waals surface area contributed by atoms with Crippen molar-refractivity contribution in [1.82, 2.24) is 4.90 Å². The standard InChI is InChI=1S/C22H25FN2O2/c1-16(26)22-19(23)8-5-9-20(22)24-15-21(27)25-12-10-18(11-13-25)14-17-6-3-2-4-7-17/h2-9,18,24H,10-15H2,1H3. The van der Waals surface area contributed by atoms with Crippen LogP contribution >= 0.6 is 0 Å². The predicted octanol–water partition coefficient (Wildman–Crippen LogP) is 3.92. The molecule has 3 rings (SSSR count). The van der Waals surface area contributed by atoms with Crippen LogP contribution in [0.15, 0.2) is 48.5 Å². The van der Waals surface area contributed by atoms with Crippen molar-refractivity contribution in [3.05, 3.63) is 65.5 Å². The lowest BCUT2D eigenvalue weighted by Gasteiger charge is -2.32. The van der Waals surface area contributed by atoms with Crippen LogP contribution in [0.25, 0.3) is 0 Å². The number of halogens is 1. The van der Waals surface area contributed by atoms with E-state index in [2.05, 4.69) is 29.6 Å². The second-order valence-electron chi connectivity index (χ2n) is 7.09. The molecule has 1 aliphatic heterocycles. The highest BCUT2D eigenvalue weighted by Gasteiger charge is 2.23. The summed E-state index contributed by atoms with van der Waals surface area (Å²) in [7, 11) is 0. The second-order valence-corrected chi connectivity index (χ2v) is 7.09. The summed E-state index contributed by atoms with van der Waals surface area (Å²) in [6, 6.07) is 14.8. The van der Waals surface area contributed by atoms with E-state index in [0.29, 0.717) is 11.6 Å². The van der Waals surface area contributed by atoms with Crippen molar-refractivity contribution in [2.45, 2.75) is 26.2 Å². The lowest BCUT2D eigenvalue weighted by Crippen LogP contribution is -2.41. The van der Waals surface area contributed by atoms with Gasteiger partial charge in [-0.1, -0.05) is 36.4 Å². The first-order valence-electron chi connectivity index (χ1n) is 9.39. The molecule has 0 radical (unpaired) electrons. The number of hydrogen-bond acceptors (Lipinski definition) is 3. The number of rotatable bonds is 6. The van der Waals surface area contributed by atoms with Crippen molar-refractivity contribution in [3.63, 3.8) is 0 Å². The van der Waals surface area contributed by atoms with Crippen LogP contribution in [0.5, 0.6) is 0 Å². The molecule has 1 aliphatic rings. The van der Waals surface area contributed by atoms with E-state index in [0.717, 1.165) is 32.4 Å². The molecule has 1 fully saturated rings. The molecule has 1 amide bonds. The Balaban J connectivity index is 1.50. The van der Waals surface area contributed by atoms with E-state index in [1.165, 1.54) is 24.6 Å². The zero-order chi connectivity index (χ0) is 19.2. The van der Waals surface area contributed by atoms with Crippen LogP contribution in [0.2, 0.25) is 0 Å². The van der Waals surface area contributed by atoms with Crippen LogP contribution in [0, 0.1) is 11.7 Å². The Morgan fingerprint density at radius 1 is 1.07 bits per heavy atom. The first-order chi connectivity index (χ1) is 13.0. The minimum atomic E-state index is -0.568. The van der Waals surface area contributed by atoms with Gasteiger partial charge in [0.25, 0.3) is 0 Å². The highest BCUT2D eigenvalue weighted by molar-refractivity contribution is 6.00. The Labute approximate surface area is 159 Å². The molecule has 0 aliphatic carbocycles. The van der Waals surface area contributed by atoms with Gasteiger partial charge in [-0.05, 0) is 49.8 Å². The quantitative estimate of drug-likeness (QED) is 0.786. The smallest absolute Gasteiger partial charge is 0.241 e. The van der Waals surface area contributed by atoms with Crippen LogP contribution in [0.1, 0.15) is 35.7 Å². The minimum absolute atomic E-state index is 0.00636. The fourth-order valence-corrected chi connectivity index (χ4v) is 3.65. The number of carbonyl (C=O) groups excluding carboxylic acids is 2. The minimum Gasteiger partial charge on any atom is -0.375 e. The molecule has 1 heterocycles. The molecule has 0 atom stereocenters. The zero-order valence-electron chi connectivity index (χ0n) is 15.6. The van der Waals surface area contributed by atoms with E-state index in [-0.39, 0.29) is 23.8 Å². The normalized spacial score (nSPS) is 14.8. The molecular formula is C22H25FN2O2. The van der Waals surface area contributed by atoms with Crippen LogP contribution in [-0.4, -0.2) is 36.2 Å². The van der Waals surface area contributed by atoms with Crippen molar-refractivity contribution >= 4 is 17.4 Å². The number of piperidine rings is 1. The summed E-state index contributed by atoms with van der Waals surface area (Å²) in [5.41, 5.74) is 1.72. The summed E-state index contributed by atoms with van der Waals surface area (Å²) < 4.78 is 13.8. The number of hydrogen-bond donors (Lipinski definition) is 1. The third kappa shape index (κ3) is 4.94. The number of benzene rings is 2. The van der Waals surface area contributed by atoms with Gasteiger partial charge in [-0.25, -0.2) is 4.39 Å². The maximum Gasteiger partial charge on any atom is 0.241 e. The molecule has 27 heavy (non-hydrogen) atoms. The SMILES string of the molecule is CC(=O)c1c(F)cccc1NCC(=O)N1CCC(Cc2ccccc2)CC1. The number of likely N-dealkylation sites (tertiary alicyclic amines) is 1. The molecule has 1 N–H and O–H groups in total. The van der Waals surface area contributed by atoms with Gasteiger partial charge < -0.3 is 10.2 Å². The molecule has 2 aromatic carbocycles. The van der Waals surface area contributed by atoms with E-state index in [9.17, 15) is 14.0 Å². The number of ketones is 1. The first kappa shape index (κ1) is 19.1. The Morgan fingerprint density at radius 3 is 2.44 bits per heavy atom. The first-order valence-corrected chi connectivity index (χ1v) is 9.39. The molecule has 4 nitrogen and oxygen atoms in total. The summed E-state index contributed by atoms with van der Waals surface area (Å²) in [6.07, 6.45) is 3.02. The third-order valence-electron chi connectivity index (χ3n) is 5.13. The maximum atomic E-state index is 13.8. The van der Waals surface area contributed by atoms with E-state index in [1.54, 1.807) is 6.07 Å². The Kier molecular flexibility index (Phi) is 6.22. The monoisotopic (exact) mass is 368 g/mol. The molecule has 1 saturated heterocycles. The van der Waals surface area contributed by atoms with Gasteiger partial charge in [0, 0.05) is 18.8 Å². The van der Waals surface area contributed by atoms with Crippen molar-refractivity contribution in [1.29, 1.82) is 0 Å². The summed E-state index contributed by atoms with van der Waals surface area (Å²) in [4.78, 5) is 26.0. The van der Waals surface area contributed by atoms with Gasteiger partial charge >= 0.3 is 0 Å². The van der Waals surface area contributed by atoms with Crippen LogP contribution in [0.4, 0.5) is 10.1 Å². The topological polar surface area (TPSA) is 49.4 Å². The van der Waals surface area contributed by atoms with Gasteiger partial charge in [0.1, 0.15) is 5.82 Å². The molecule has 0 unspecified atom stereocenters. The Hall–Kier alpha value is -2.69. The summed E-state index contributed by atoms with van der Waals surface area (Å²) >= 11 is 0. The van der Waals surface area contributed by atoms with Crippen molar-refractivity contribution in [3.8, 4) is 0 Å². The third-order valence-corrected chi connectivity index (χ3v) is 5.13. The number of nitrogens with one attached hydrogen (secondary N) is 1. The number of amides is 1. The Morgan fingerprint density at radius 2 is 1.78 bits per heavy atom. The van der Waals surface area contributed by atoms with Crippen LogP contribution in [0.3, 0.4) is 0 Å². The zero-order valence-corrected chi connectivity index (χ0v) is 15.6. The van der Waals surface area contributed by atoms with Gasteiger partial charge in [-0.3, -0.25) is 9.59 Å². The summed E-state index contributed by atoms with van der Waals surface area (Å²) in [5.74, 6) is -0.352. The van der Waals surface area contributed by atoms with E-state index >= 15 is 0 Å². The molecule has 5 heteroatoms. The van der Waals surface area contributed by atoms with Gasteiger partial charge in [0.15, 0.2) is 5.78 Å². The molecule has 0 bridgehead atoms. The van der Waals surface area contributed by atoms with Crippen molar-refractivity contribution in [2.75, 3.05) is 25.0 Å². The average Bonchev–Trinajstić information content (AvgIpc) is 2.67. The number of anilines is 1. The Bertz CT molecular complexity index is 799. The molecule has 2 aromatic rings. The highest BCUT2D eigenvalue weighted by Crippen LogP contribution is 2.22. The van der Waals surface area contributed by atoms with E-state index in [1.807, 2.05) is 11.0 Å². The predicted molar refractivity (Wildman–Crippen MR) is 104 cm³/mol. The number of nitrogens with zero attached hydrogens (tertiary/aromatic N) is 1. The highest BCUT2D eigenvalue weighted by atomic mass is 19.1. The van der Waals surface area contributed by atoms with Gasteiger partial charge in [0.05, 0.1) is 12.1 Å². The molecule has 0 spiro atoms. The van der Waals surface area contributed by atoms with Crippen molar-refractivity contribution in [2.24, 2.45) is 5.92 Å². The van der Waals surface area contributed by atoms with E-state index < -0.39 is 5.82 Å². The molecular weight excluding hydrogens is 343 g/mol. The van der Waals surface area contributed by atoms with Crippen LogP contribution in [-0.2, 0) is 11.2 Å². The maximum absolute atomic E-state index is 13.8.